The van der Waals surface area contributed by atoms with Crippen molar-refractivity contribution in [3.63, 3.8) is 0 Å². The van der Waals surface area contributed by atoms with Gasteiger partial charge in [-0.3, -0.25) is 24.2 Å². The number of hydrogen-bond acceptors (Lipinski definition) is 8. The maximum Gasteiger partial charge on any atom is 0.326 e. The van der Waals surface area contributed by atoms with Crippen LogP contribution >= 0.6 is 0 Å². The predicted octanol–water partition coefficient (Wildman–Crippen LogP) is -1.55. The molecule has 0 fully saturated rings. The number of amides is 4. The van der Waals surface area contributed by atoms with Crippen LogP contribution in [0.3, 0.4) is 0 Å². The van der Waals surface area contributed by atoms with Gasteiger partial charge in [0.1, 0.15) is 23.9 Å². The van der Waals surface area contributed by atoms with Gasteiger partial charge in [0.05, 0.1) is 12.5 Å². The summed E-state index contributed by atoms with van der Waals surface area (Å²) in [5.74, 6) is -4.91. The number of phenolic OH excluding ortho intramolecular Hbond substituents is 1. The first-order valence-corrected chi connectivity index (χ1v) is 14.4. The van der Waals surface area contributed by atoms with Crippen molar-refractivity contribution in [3.8, 4) is 5.75 Å². The molecule has 1 heterocycles. The van der Waals surface area contributed by atoms with Gasteiger partial charge in [0.15, 0.2) is 5.96 Å². The van der Waals surface area contributed by atoms with Gasteiger partial charge >= 0.3 is 5.97 Å². The van der Waals surface area contributed by atoms with E-state index in [0.717, 1.165) is 10.9 Å². The third-order valence-electron chi connectivity index (χ3n) is 7.07. The van der Waals surface area contributed by atoms with Crippen LogP contribution in [0.4, 0.5) is 0 Å². The van der Waals surface area contributed by atoms with E-state index in [1.54, 1.807) is 18.3 Å². The Bertz CT molecular complexity index is 1570. The lowest BCUT2D eigenvalue weighted by Gasteiger charge is -2.25. The van der Waals surface area contributed by atoms with Gasteiger partial charge in [-0.25, -0.2) is 4.79 Å². The summed E-state index contributed by atoms with van der Waals surface area (Å²) in [5.41, 5.74) is 23.9. The molecule has 0 aliphatic carbocycles. The summed E-state index contributed by atoms with van der Waals surface area (Å²) in [6.45, 7) is 0.238. The molecule has 1 aromatic heterocycles. The number of nitrogens with two attached hydrogens (primary N) is 4. The van der Waals surface area contributed by atoms with Gasteiger partial charge in [-0.2, -0.15) is 0 Å². The predicted molar refractivity (Wildman–Crippen MR) is 169 cm³/mol. The number of carboxylic acid groups (broad SMARTS) is 1. The number of benzene rings is 2. The number of hydrogen-bond donors (Lipinski definition) is 10. The molecule has 46 heavy (non-hydrogen) atoms. The van der Waals surface area contributed by atoms with Crippen molar-refractivity contribution in [1.29, 1.82) is 0 Å². The van der Waals surface area contributed by atoms with Crippen molar-refractivity contribution in [2.24, 2.45) is 27.9 Å². The Morgan fingerprint density at radius 1 is 0.826 bits per heavy atom. The van der Waals surface area contributed by atoms with Crippen molar-refractivity contribution in [1.82, 2.24) is 20.9 Å². The average molecular weight is 638 g/mol. The number of carbonyl (C=O) groups is 5. The van der Waals surface area contributed by atoms with Crippen LogP contribution in [0.5, 0.6) is 5.75 Å². The highest BCUT2D eigenvalue weighted by atomic mass is 16.4. The minimum Gasteiger partial charge on any atom is -0.508 e. The number of aromatic amines is 1. The summed E-state index contributed by atoms with van der Waals surface area (Å²) in [4.78, 5) is 70.6. The van der Waals surface area contributed by atoms with E-state index >= 15 is 0 Å². The van der Waals surface area contributed by atoms with E-state index in [9.17, 15) is 34.2 Å². The first-order valence-electron chi connectivity index (χ1n) is 14.4. The van der Waals surface area contributed by atoms with Crippen LogP contribution in [0.25, 0.3) is 10.9 Å². The lowest BCUT2D eigenvalue weighted by molar-refractivity contribution is -0.142. The Morgan fingerprint density at radius 2 is 1.46 bits per heavy atom. The first-order chi connectivity index (χ1) is 21.8. The fraction of sp³-hybridized carbons (Fsp3) is 0.333. The lowest BCUT2D eigenvalue weighted by Crippen LogP contribution is -2.58. The van der Waals surface area contributed by atoms with E-state index in [4.69, 9.17) is 22.9 Å². The topological polar surface area (TPSA) is 294 Å². The molecule has 4 atom stereocenters. The van der Waals surface area contributed by atoms with Crippen molar-refractivity contribution in [2.45, 2.75) is 56.3 Å². The number of aromatic nitrogens is 1. The second-order valence-electron chi connectivity index (χ2n) is 10.7. The molecule has 0 saturated carbocycles. The second-order valence-corrected chi connectivity index (χ2v) is 10.7. The molecule has 16 nitrogen and oxygen atoms in total. The van der Waals surface area contributed by atoms with Gasteiger partial charge in [0, 0.05) is 36.5 Å². The molecule has 14 N–H and O–H groups in total. The second kappa shape index (κ2) is 16.4. The van der Waals surface area contributed by atoms with Crippen LogP contribution in [-0.4, -0.2) is 81.5 Å². The molecular formula is C30H39N9O7. The fourth-order valence-electron chi connectivity index (χ4n) is 4.68. The number of carboxylic acids is 1. The van der Waals surface area contributed by atoms with Gasteiger partial charge in [-0.05, 0) is 42.2 Å². The van der Waals surface area contributed by atoms with Gasteiger partial charge in [0.25, 0.3) is 0 Å². The number of aliphatic imine (C=N–C) groups is 1. The lowest BCUT2D eigenvalue weighted by atomic mass is 10.0. The van der Waals surface area contributed by atoms with E-state index in [2.05, 4.69) is 25.9 Å². The number of carbonyl (C=O) groups excluding carboxylic acids is 4. The monoisotopic (exact) mass is 637 g/mol. The molecule has 0 bridgehead atoms. The molecule has 3 aromatic rings. The molecule has 16 heteroatoms. The van der Waals surface area contributed by atoms with Gasteiger partial charge in [0.2, 0.25) is 23.6 Å². The zero-order valence-electron chi connectivity index (χ0n) is 24.9. The summed E-state index contributed by atoms with van der Waals surface area (Å²) in [6, 6.07) is 7.78. The van der Waals surface area contributed by atoms with Crippen LogP contribution in [0.15, 0.2) is 59.7 Å². The molecule has 0 saturated heterocycles. The number of primary amides is 1. The largest absolute Gasteiger partial charge is 0.508 e. The molecule has 4 unspecified atom stereocenters. The molecule has 0 aliphatic heterocycles. The van der Waals surface area contributed by atoms with Crippen LogP contribution < -0.4 is 38.9 Å². The first kappa shape index (κ1) is 34.8. The van der Waals surface area contributed by atoms with Gasteiger partial charge < -0.3 is 54.1 Å². The fourth-order valence-corrected chi connectivity index (χ4v) is 4.68. The van der Waals surface area contributed by atoms with E-state index in [0.29, 0.717) is 17.5 Å². The number of phenols is 1. The van der Waals surface area contributed by atoms with Crippen molar-refractivity contribution in [3.05, 3.63) is 65.9 Å². The number of aromatic hydroxyl groups is 1. The van der Waals surface area contributed by atoms with Crippen LogP contribution in [0, 0.1) is 0 Å². The van der Waals surface area contributed by atoms with Crippen LogP contribution in [0.1, 0.15) is 30.4 Å². The Balaban J connectivity index is 1.76. The SMILES string of the molecule is NC(=O)CC(NC(=O)C(Cc1ccc(O)cc1)NC(=O)C(N)CCCN=C(N)N)C(=O)NC(Cc1c[nH]c2ccccc12)C(=O)O. The Labute approximate surface area is 264 Å². The Kier molecular flexibility index (Phi) is 12.5. The summed E-state index contributed by atoms with van der Waals surface area (Å²) >= 11 is 0. The summed E-state index contributed by atoms with van der Waals surface area (Å²) in [5, 5.41) is 27.6. The molecule has 0 aliphatic rings. The highest BCUT2D eigenvalue weighted by Gasteiger charge is 2.32. The van der Waals surface area contributed by atoms with Gasteiger partial charge in [-0.15, -0.1) is 0 Å². The standard InChI is InChI=1S/C30H39N9O7/c31-20(5-3-11-35-30(33)34)26(42)37-22(12-16-7-9-18(40)10-8-16)27(43)38-23(14-25(32)41)28(44)39-24(29(45)46)13-17-15-36-21-6-2-1-4-19(17)21/h1-2,4,6-10,15,20,22-24,36,40H,3,5,11-14,31H2,(H2,32,41)(H,37,42)(H,38,43)(H,39,44)(H,45,46)(H4,33,34,35). The molecular weight excluding hydrogens is 598 g/mol. The van der Waals surface area contributed by atoms with Crippen molar-refractivity contribution >= 4 is 46.5 Å². The zero-order chi connectivity index (χ0) is 33.8. The third kappa shape index (κ3) is 10.5. The normalized spacial score (nSPS) is 13.5. The number of nitrogens with one attached hydrogen (secondary N) is 4. The Morgan fingerprint density at radius 3 is 2.11 bits per heavy atom. The number of rotatable bonds is 17. The van der Waals surface area contributed by atoms with Crippen molar-refractivity contribution in [2.75, 3.05) is 6.54 Å². The molecule has 4 amide bonds. The third-order valence-corrected chi connectivity index (χ3v) is 7.07. The summed E-state index contributed by atoms with van der Waals surface area (Å²) < 4.78 is 0. The maximum atomic E-state index is 13.5. The average Bonchev–Trinajstić information content (AvgIpc) is 3.41. The number of guanidine groups is 1. The molecule has 2 aromatic carbocycles. The van der Waals surface area contributed by atoms with Crippen LogP contribution in [0.2, 0.25) is 0 Å². The van der Waals surface area contributed by atoms with Crippen molar-refractivity contribution < 1.29 is 34.2 Å². The van der Waals surface area contributed by atoms with Gasteiger partial charge in [-0.1, -0.05) is 30.3 Å². The highest BCUT2D eigenvalue weighted by Crippen LogP contribution is 2.19. The maximum absolute atomic E-state index is 13.5. The number of aliphatic carboxylic acids is 1. The minimum atomic E-state index is -1.57. The highest BCUT2D eigenvalue weighted by molar-refractivity contribution is 5.96. The smallest absolute Gasteiger partial charge is 0.326 e. The number of nitrogens with zero attached hydrogens (tertiary/aromatic N) is 1. The zero-order valence-corrected chi connectivity index (χ0v) is 24.9. The van der Waals surface area contributed by atoms with E-state index in [1.165, 1.54) is 24.3 Å². The van der Waals surface area contributed by atoms with E-state index < -0.39 is 60.2 Å². The Hall–Kier alpha value is -5.64. The molecule has 3 rings (SSSR count). The summed E-state index contributed by atoms with van der Waals surface area (Å²) in [7, 11) is 0. The minimum absolute atomic E-state index is 0.0181. The van der Waals surface area contributed by atoms with Crippen LogP contribution in [-0.2, 0) is 36.8 Å². The summed E-state index contributed by atoms with van der Waals surface area (Å²) in [6.07, 6.45) is 1.38. The number of H-pyrrole nitrogens is 1. The number of fused-ring (bicyclic) bond motifs is 1. The van der Waals surface area contributed by atoms with E-state index in [1.807, 2.05) is 12.1 Å². The van der Waals surface area contributed by atoms with E-state index in [-0.39, 0.29) is 37.5 Å². The molecule has 246 valence electrons. The molecule has 0 radical (unpaired) electrons. The molecule has 0 spiro atoms. The quantitative estimate of drug-likeness (QED) is 0.0462. The number of para-hydroxylation sites is 1.